The second-order valence-electron chi connectivity index (χ2n) is 12.6. The van der Waals surface area contributed by atoms with Gasteiger partial charge in [0.2, 0.25) is 17.6 Å². The van der Waals surface area contributed by atoms with Crippen molar-refractivity contribution in [3.8, 4) is 0 Å². The average molecular weight is 670 g/mol. The maximum absolute atomic E-state index is 13.1. The second kappa shape index (κ2) is 20.3. The van der Waals surface area contributed by atoms with Gasteiger partial charge in [-0.25, -0.2) is 0 Å². The molecule has 0 aliphatic heterocycles. The molecule has 0 saturated carbocycles. The van der Waals surface area contributed by atoms with Crippen LogP contribution < -0.4 is 16.0 Å². The largest absolute Gasteiger partial charge is 0.461 e. The van der Waals surface area contributed by atoms with Crippen molar-refractivity contribution in [3.63, 3.8) is 0 Å². The maximum Gasteiger partial charge on any atom is 0.306 e. The molecule has 1 unspecified atom stereocenters. The molecular formula is C39H47N3O7. The zero-order valence-electron chi connectivity index (χ0n) is 28.5. The lowest BCUT2D eigenvalue weighted by Crippen LogP contribution is -2.48. The normalized spacial score (nSPS) is 12.7. The summed E-state index contributed by atoms with van der Waals surface area (Å²) in [6, 6.07) is 27.0. The molecule has 0 spiro atoms. The van der Waals surface area contributed by atoms with E-state index in [4.69, 9.17) is 4.74 Å². The zero-order valence-corrected chi connectivity index (χ0v) is 28.5. The van der Waals surface area contributed by atoms with Crippen LogP contribution in [0.2, 0.25) is 0 Å². The van der Waals surface area contributed by atoms with Gasteiger partial charge in [0.15, 0.2) is 5.78 Å². The highest BCUT2D eigenvalue weighted by molar-refractivity contribution is 6.38. The molecule has 0 aliphatic rings. The first kappa shape index (κ1) is 38.3. The Hall–Kier alpha value is -5.12. The highest BCUT2D eigenvalue weighted by atomic mass is 16.5. The highest BCUT2D eigenvalue weighted by Gasteiger charge is 2.29. The third-order valence-corrected chi connectivity index (χ3v) is 7.93. The number of Topliss-reactive ketones (excluding diaryl/α,β-unsaturated/α-hetero) is 2. The summed E-state index contributed by atoms with van der Waals surface area (Å²) in [4.78, 5) is 77.2. The molecule has 260 valence electrons. The van der Waals surface area contributed by atoms with Gasteiger partial charge in [0.1, 0.15) is 6.61 Å². The van der Waals surface area contributed by atoms with E-state index in [9.17, 15) is 28.8 Å². The first-order valence-corrected chi connectivity index (χ1v) is 16.7. The lowest BCUT2D eigenvalue weighted by molar-refractivity contribution is -0.148. The fourth-order valence-corrected chi connectivity index (χ4v) is 5.33. The van der Waals surface area contributed by atoms with Crippen LogP contribution in [0, 0.1) is 17.8 Å². The molecule has 0 aliphatic carbocycles. The number of rotatable bonds is 20. The summed E-state index contributed by atoms with van der Waals surface area (Å²) in [5, 5.41) is 7.80. The molecule has 3 atom stereocenters. The number of esters is 1. The summed E-state index contributed by atoms with van der Waals surface area (Å²) in [5.41, 5.74) is 2.79. The van der Waals surface area contributed by atoms with Gasteiger partial charge in [-0.1, -0.05) is 105 Å². The number of benzene rings is 3. The molecule has 3 aromatic rings. The van der Waals surface area contributed by atoms with Crippen molar-refractivity contribution in [2.45, 2.75) is 65.5 Å². The van der Waals surface area contributed by atoms with Crippen LogP contribution in [0.3, 0.4) is 0 Å². The van der Waals surface area contributed by atoms with E-state index in [1.807, 2.05) is 105 Å². The number of amides is 3. The molecule has 3 aromatic carbocycles. The van der Waals surface area contributed by atoms with E-state index in [-0.39, 0.29) is 31.3 Å². The SMILES string of the molecule is CC(C)C[C@H](CC(=O)OCc1ccccc1)C(=O)NC(C)C(=O)C(=O)NCC(=O)C[C@@H](Cc1ccccc1)C(=O)NCCc1ccccc1. The lowest BCUT2D eigenvalue weighted by atomic mass is 9.93. The zero-order chi connectivity index (χ0) is 35.6. The van der Waals surface area contributed by atoms with Crippen LogP contribution in [0.15, 0.2) is 91.0 Å². The van der Waals surface area contributed by atoms with Crippen molar-refractivity contribution in [3.05, 3.63) is 108 Å². The number of nitrogens with one attached hydrogen (secondary N) is 3. The summed E-state index contributed by atoms with van der Waals surface area (Å²) in [6.07, 6.45) is 1.03. The molecule has 3 amide bonds. The van der Waals surface area contributed by atoms with Gasteiger partial charge in [0, 0.05) is 24.8 Å². The van der Waals surface area contributed by atoms with Crippen LogP contribution in [0.4, 0.5) is 0 Å². The average Bonchev–Trinajstić information content (AvgIpc) is 3.09. The standard InChI is InChI=1S/C39H47N3O7/c1-27(2)21-32(24-35(44)49-26-31-17-11-6-12-18-31)38(47)42-28(3)36(45)39(48)41-25-34(43)23-33(22-30-15-9-5-10-16-30)37(46)40-20-19-29-13-7-4-8-14-29/h4-18,27-28,32-33H,19-26H2,1-3H3,(H,40,46)(H,41,48)(H,42,47)/t28?,32-,33-/m1/s1. The Balaban J connectivity index is 1.50. The van der Waals surface area contributed by atoms with Gasteiger partial charge in [0.25, 0.3) is 5.91 Å². The second-order valence-corrected chi connectivity index (χ2v) is 12.6. The number of carbonyl (C=O) groups is 6. The third-order valence-electron chi connectivity index (χ3n) is 7.93. The van der Waals surface area contributed by atoms with Crippen molar-refractivity contribution in [1.82, 2.24) is 16.0 Å². The molecule has 49 heavy (non-hydrogen) atoms. The maximum atomic E-state index is 13.1. The van der Waals surface area contributed by atoms with Crippen molar-refractivity contribution < 1.29 is 33.5 Å². The first-order chi connectivity index (χ1) is 23.5. The van der Waals surface area contributed by atoms with E-state index >= 15 is 0 Å². The minimum Gasteiger partial charge on any atom is -0.461 e. The number of ether oxygens (including phenoxy) is 1. The van der Waals surface area contributed by atoms with Crippen LogP contribution in [0.1, 0.15) is 56.7 Å². The molecule has 3 N–H and O–H groups in total. The monoisotopic (exact) mass is 669 g/mol. The van der Waals surface area contributed by atoms with Gasteiger partial charge in [-0.2, -0.15) is 0 Å². The Labute approximate surface area is 288 Å². The molecule has 0 saturated heterocycles. The Morgan fingerprint density at radius 3 is 1.82 bits per heavy atom. The summed E-state index contributed by atoms with van der Waals surface area (Å²) in [6.45, 7) is 5.23. The van der Waals surface area contributed by atoms with Gasteiger partial charge < -0.3 is 20.7 Å². The Morgan fingerprint density at radius 2 is 1.22 bits per heavy atom. The van der Waals surface area contributed by atoms with E-state index in [0.29, 0.717) is 25.8 Å². The molecule has 0 aromatic heterocycles. The summed E-state index contributed by atoms with van der Waals surface area (Å²) >= 11 is 0. The van der Waals surface area contributed by atoms with Crippen LogP contribution in [-0.2, 0) is 53.0 Å². The van der Waals surface area contributed by atoms with Crippen molar-refractivity contribution in [2.75, 3.05) is 13.1 Å². The number of hydrogen-bond donors (Lipinski definition) is 3. The number of hydrogen-bond acceptors (Lipinski definition) is 7. The predicted molar refractivity (Wildman–Crippen MR) is 186 cm³/mol. The van der Waals surface area contributed by atoms with E-state index in [1.54, 1.807) is 0 Å². The number of carbonyl (C=O) groups excluding carboxylic acids is 6. The molecular weight excluding hydrogens is 622 g/mol. The van der Waals surface area contributed by atoms with Gasteiger partial charge in [-0.3, -0.25) is 28.8 Å². The summed E-state index contributed by atoms with van der Waals surface area (Å²) in [5.74, 6) is -5.10. The molecule has 10 nitrogen and oxygen atoms in total. The Morgan fingerprint density at radius 1 is 0.653 bits per heavy atom. The fraction of sp³-hybridized carbons (Fsp3) is 0.385. The molecule has 10 heteroatoms. The highest BCUT2D eigenvalue weighted by Crippen LogP contribution is 2.18. The van der Waals surface area contributed by atoms with Gasteiger partial charge >= 0.3 is 5.97 Å². The quantitative estimate of drug-likeness (QED) is 0.121. The Bertz CT molecular complexity index is 1530. The lowest BCUT2D eigenvalue weighted by Gasteiger charge is -2.20. The van der Waals surface area contributed by atoms with Crippen LogP contribution in [0.25, 0.3) is 0 Å². The number of ketones is 2. The fourth-order valence-electron chi connectivity index (χ4n) is 5.33. The van der Waals surface area contributed by atoms with Crippen LogP contribution in [0.5, 0.6) is 0 Å². The smallest absolute Gasteiger partial charge is 0.306 e. The van der Waals surface area contributed by atoms with E-state index in [1.165, 1.54) is 6.92 Å². The molecule has 0 fully saturated rings. The molecule has 0 bridgehead atoms. The van der Waals surface area contributed by atoms with Gasteiger partial charge in [-0.05, 0) is 48.8 Å². The Kier molecular flexibility index (Phi) is 15.9. The topological polar surface area (TPSA) is 148 Å². The van der Waals surface area contributed by atoms with Crippen molar-refractivity contribution >= 4 is 35.3 Å². The predicted octanol–water partition coefficient (Wildman–Crippen LogP) is 4.15. The third kappa shape index (κ3) is 14.3. The van der Waals surface area contributed by atoms with Crippen molar-refractivity contribution in [1.29, 1.82) is 0 Å². The molecule has 0 heterocycles. The summed E-state index contributed by atoms with van der Waals surface area (Å²) < 4.78 is 5.34. The minimum absolute atomic E-state index is 0.0784. The molecule has 3 rings (SSSR count). The van der Waals surface area contributed by atoms with Gasteiger partial charge in [0.05, 0.1) is 19.0 Å². The van der Waals surface area contributed by atoms with Crippen molar-refractivity contribution in [2.24, 2.45) is 17.8 Å². The molecule has 0 radical (unpaired) electrons. The van der Waals surface area contributed by atoms with E-state index in [2.05, 4.69) is 16.0 Å². The van der Waals surface area contributed by atoms with Crippen LogP contribution >= 0.6 is 0 Å². The van der Waals surface area contributed by atoms with Crippen LogP contribution in [-0.4, -0.2) is 54.4 Å². The first-order valence-electron chi connectivity index (χ1n) is 16.7. The van der Waals surface area contributed by atoms with E-state index in [0.717, 1.165) is 16.7 Å². The van der Waals surface area contributed by atoms with Gasteiger partial charge in [-0.15, -0.1) is 0 Å². The summed E-state index contributed by atoms with van der Waals surface area (Å²) in [7, 11) is 0. The van der Waals surface area contributed by atoms with E-state index < -0.39 is 53.8 Å². The minimum atomic E-state index is -1.20.